The predicted molar refractivity (Wildman–Crippen MR) is 64.0 cm³/mol. The molecule has 1 fully saturated rings. The van der Waals surface area contributed by atoms with Crippen molar-refractivity contribution in [3.63, 3.8) is 0 Å². The number of aliphatic carboxylic acids is 1. The Balaban J connectivity index is 2.56. The zero-order chi connectivity index (χ0) is 13.6. The number of rotatable bonds is 6. The standard InChI is InChI=1S/C12H21NO5/c1-2-18-11(16)12(17,10(14)15)6-3-9-4-7-13-8-5-9/h9,13,17H,2-8H2,1H3,(H,14,15)/t12-/m0/s1. The maximum absolute atomic E-state index is 11.5. The molecule has 3 N–H and O–H groups in total. The summed E-state index contributed by atoms with van der Waals surface area (Å²) < 4.78 is 4.63. The fourth-order valence-corrected chi connectivity index (χ4v) is 2.13. The summed E-state index contributed by atoms with van der Waals surface area (Å²) in [6.07, 6.45) is 2.31. The minimum Gasteiger partial charge on any atom is -0.479 e. The molecular formula is C12H21NO5. The molecule has 1 aliphatic rings. The van der Waals surface area contributed by atoms with Crippen molar-refractivity contribution in [3.05, 3.63) is 0 Å². The van der Waals surface area contributed by atoms with Crippen molar-refractivity contribution in [2.45, 2.75) is 38.2 Å². The molecule has 0 radical (unpaired) electrons. The Morgan fingerprint density at radius 2 is 2.00 bits per heavy atom. The van der Waals surface area contributed by atoms with E-state index in [9.17, 15) is 14.7 Å². The molecule has 0 aromatic rings. The molecule has 0 aliphatic carbocycles. The molecule has 0 unspecified atom stereocenters. The van der Waals surface area contributed by atoms with Crippen molar-refractivity contribution >= 4 is 11.9 Å². The fourth-order valence-electron chi connectivity index (χ4n) is 2.13. The van der Waals surface area contributed by atoms with E-state index in [4.69, 9.17) is 5.11 Å². The fraction of sp³-hybridized carbons (Fsp3) is 0.833. The number of piperidine rings is 1. The predicted octanol–water partition coefficient (Wildman–Crippen LogP) is 0.145. The first-order valence-electron chi connectivity index (χ1n) is 6.34. The van der Waals surface area contributed by atoms with Crippen molar-refractivity contribution in [2.75, 3.05) is 19.7 Å². The van der Waals surface area contributed by atoms with E-state index in [1.165, 1.54) is 0 Å². The van der Waals surface area contributed by atoms with Gasteiger partial charge in [0.25, 0.3) is 5.60 Å². The number of nitrogens with one attached hydrogen (secondary N) is 1. The van der Waals surface area contributed by atoms with E-state index in [0.717, 1.165) is 25.9 Å². The third kappa shape index (κ3) is 3.68. The number of carbonyl (C=O) groups is 2. The maximum Gasteiger partial charge on any atom is 0.350 e. The molecule has 6 heteroatoms. The van der Waals surface area contributed by atoms with Crippen LogP contribution >= 0.6 is 0 Å². The molecule has 0 saturated carbocycles. The summed E-state index contributed by atoms with van der Waals surface area (Å²) in [4.78, 5) is 22.6. The van der Waals surface area contributed by atoms with Crippen molar-refractivity contribution in [2.24, 2.45) is 5.92 Å². The monoisotopic (exact) mass is 259 g/mol. The SMILES string of the molecule is CCOC(=O)[C@](O)(CCC1CCNCC1)C(=O)O. The normalized spacial score (nSPS) is 20.1. The van der Waals surface area contributed by atoms with Gasteiger partial charge in [-0.3, -0.25) is 0 Å². The summed E-state index contributed by atoms with van der Waals surface area (Å²) in [7, 11) is 0. The van der Waals surface area contributed by atoms with Crippen LogP contribution in [0.1, 0.15) is 32.6 Å². The highest BCUT2D eigenvalue weighted by Crippen LogP contribution is 2.24. The molecule has 6 nitrogen and oxygen atoms in total. The molecule has 0 aromatic heterocycles. The molecular weight excluding hydrogens is 238 g/mol. The number of carbonyl (C=O) groups excluding carboxylic acids is 1. The van der Waals surface area contributed by atoms with Gasteiger partial charge in [0.15, 0.2) is 0 Å². The quantitative estimate of drug-likeness (QED) is 0.464. The van der Waals surface area contributed by atoms with E-state index >= 15 is 0 Å². The highest BCUT2D eigenvalue weighted by atomic mass is 16.6. The van der Waals surface area contributed by atoms with Gasteiger partial charge >= 0.3 is 11.9 Å². The zero-order valence-corrected chi connectivity index (χ0v) is 10.6. The van der Waals surface area contributed by atoms with Crippen molar-refractivity contribution < 1.29 is 24.5 Å². The third-order valence-electron chi connectivity index (χ3n) is 3.34. The number of ether oxygens (including phenoxy) is 1. The van der Waals surface area contributed by atoms with Crippen LogP contribution in [0.2, 0.25) is 0 Å². The first-order valence-corrected chi connectivity index (χ1v) is 6.34. The second kappa shape index (κ2) is 6.70. The minimum absolute atomic E-state index is 0.0573. The smallest absolute Gasteiger partial charge is 0.350 e. The second-order valence-electron chi connectivity index (χ2n) is 4.62. The minimum atomic E-state index is -2.40. The van der Waals surface area contributed by atoms with Crippen LogP contribution in [0.3, 0.4) is 0 Å². The van der Waals surface area contributed by atoms with Crippen LogP contribution in [-0.2, 0) is 14.3 Å². The van der Waals surface area contributed by atoms with Gasteiger partial charge in [0.2, 0.25) is 0 Å². The molecule has 18 heavy (non-hydrogen) atoms. The molecule has 0 spiro atoms. The Kier molecular flexibility index (Phi) is 5.55. The van der Waals surface area contributed by atoms with Crippen molar-refractivity contribution in [1.82, 2.24) is 5.32 Å². The van der Waals surface area contributed by atoms with Crippen LogP contribution < -0.4 is 5.32 Å². The topological polar surface area (TPSA) is 95.9 Å². The molecule has 0 amide bonds. The van der Waals surface area contributed by atoms with Crippen LogP contribution in [0, 0.1) is 5.92 Å². The summed E-state index contributed by atoms with van der Waals surface area (Å²) in [5, 5.41) is 22.1. The van der Waals surface area contributed by atoms with E-state index in [2.05, 4.69) is 10.1 Å². The number of esters is 1. The van der Waals surface area contributed by atoms with Crippen LogP contribution in [-0.4, -0.2) is 47.4 Å². The third-order valence-corrected chi connectivity index (χ3v) is 3.34. The Morgan fingerprint density at radius 3 is 2.50 bits per heavy atom. The molecule has 1 atom stereocenters. The highest BCUT2D eigenvalue weighted by molar-refractivity contribution is 6.02. The summed E-state index contributed by atoms with van der Waals surface area (Å²) in [5.41, 5.74) is -2.40. The van der Waals surface area contributed by atoms with Gasteiger partial charge in [-0.25, -0.2) is 9.59 Å². The summed E-state index contributed by atoms with van der Waals surface area (Å²) >= 11 is 0. The van der Waals surface area contributed by atoms with Crippen LogP contribution in [0.15, 0.2) is 0 Å². The van der Waals surface area contributed by atoms with Crippen LogP contribution in [0.4, 0.5) is 0 Å². The molecule has 1 heterocycles. The number of carboxylic acids is 1. The number of carboxylic acid groups (broad SMARTS) is 1. The Morgan fingerprint density at radius 1 is 1.39 bits per heavy atom. The number of hydrogen-bond donors (Lipinski definition) is 3. The number of aliphatic hydroxyl groups is 1. The van der Waals surface area contributed by atoms with E-state index in [1.54, 1.807) is 6.92 Å². The largest absolute Gasteiger partial charge is 0.479 e. The first-order chi connectivity index (χ1) is 8.50. The highest BCUT2D eigenvalue weighted by Gasteiger charge is 2.45. The average Bonchev–Trinajstić information content (AvgIpc) is 2.37. The lowest BCUT2D eigenvalue weighted by molar-refractivity contribution is -0.181. The van der Waals surface area contributed by atoms with E-state index in [-0.39, 0.29) is 13.0 Å². The molecule has 0 aromatic carbocycles. The van der Waals surface area contributed by atoms with Gasteiger partial charge in [-0.1, -0.05) is 0 Å². The van der Waals surface area contributed by atoms with Gasteiger partial charge in [-0.15, -0.1) is 0 Å². The van der Waals surface area contributed by atoms with Gasteiger partial charge < -0.3 is 20.3 Å². The average molecular weight is 259 g/mol. The molecule has 104 valence electrons. The second-order valence-corrected chi connectivity index (χ2v) is 4.62. The van der Waals surface area contributed by atoms with Crippen molar-refractivity contribution in [1.29, 1.82) is 0 Å². The van der Waals surface area contributed by atoms with Crippen LogP contribution in [0.5, 0.6) is 0 Å². The lowest BCUT2D eigenvalue weighted by Gasteiger charge is -2.26. The zero-order valence-electron chi connectivity index (χ0n) is 10.6. The first kappa shape index (κ1) is 14.9. The van der Waals surface area contributed by atoms with Gasteiger partial charge in [0.1, 0.15) is 0 Å². The summed E-state index contributed by atoms with van der Waals surface area (Å²) in [5.74, 6) is -2.24. The van der Waals surface area contributed by atoms with E-state index in [0.29, 0.717) is 12.3 Å². The maximum atomic E-state index is 11.5. The van der Waals surface area contributed by atoms with Gasteiger partial charge in [-0.05, 0) is 51.6 Å². The molecule has 1 aliphatic heterocycles. The lowest BCUT2D eigenvalue weighted by Crippen LogP contribution is -2.48. The van der Waals surface area contributed by atoms with Gasteiger partial charge in [0, 0.05) is 0 Å². The molecule has 1 saturated heterocycles. The Labute approximate surface area is 106 Å². The van der Waals surface area contributed by atoms with Crippen LogP contribution in [0.25, 0.3) is 0 Å². The van der Waals surface area contributed by atoms with E-state index < -0.39 is 17.5 Å². The van der Waals surface area contributed by atoms with Gasteiger partial charge in [0.05, 0.1) is 6.61 Å². The lowest BCUT2D eigenvalue weighted by atomic mass is 9.87. The summed E-state index contributed by atoms with van der Waals surface area (Å²) in [6.45, 7) is 3.43. The Hall–Kier alpha value is -1.14. The van der Waals surface area contributed by atoms with Crippen molar-refractivity contribution in [3.8, 4) is 0 Å². The number of hydrogen-bond acceptors (Lipinski definition) is 5. The molecule has 0 bridgehead atoms. The molecule has 1 rings (SSSR count). The van der Waals surface area contributed by atoms with Gasteiger partial charge in [-0.2, -0.15) is 0 Å². The summed E-state index contributed by atoms with van der Waals surface area (Å²) in [6, 6.07) is 0. The Bertz CT molecular complexity index is 301. The van der Waals surface area contributed by atoms with E-state index in [1.807, 2.05) is 0 Å².